The first-order valence-electron chi connectivity index (χ1n) is 21.4. The van der Waals surface area contributed by atoms with Crippen LogP contribution < -0.4 is 4.73 Å². The highest BCUT2D eigenvalue weighted by Gasteiger charge is 2.39. The van der Waals surface area contributed by atoms with Crippen molar-refractivity contribution in [3.05, 3.63) is 161 Å². The van der Waals surface area contributed by atoms with Crippen LogP contribution in [0.25, 0.3) is 0 Å². The van der Waals surface area contributed by atoms with Crippen LogP contribution in [0.4, 0.5) is 17.6 Å². The Labute approximate surface area is 417 Å². The third kappa shape index (κ3) is 31.2. The van der Waals surface area contributed by atoms with Crippen molar-refractivity contribution < 1.29 is 39.1 Å². The molecule has 0 radical (unpaired) electrons. The van der Waals surface area contributed by atoms with E-state index in [-0.39, 0.29) is 94.2 Å². The van der Waals surface area contributed by atoms with E-state index in [2.05, 4.69) is 34.9 Å². The Balaban J connectivity index is -0.000000243. The molecule has 0 N–H and O–H groups in total. The molecular weight excluding hydrogens is 925 g/mol. The van der Waals surface area contributed by atoms with Crippen LogP contribution in [0.2, 0.25) is 0 Å². The van der Waals surface area contributed by atoms with Crippen molar-refractivity contribution in [3.8, 4) is 0 Å². The Hall–Kier alpha value is -4.76. The molecular formula is C54H88F4N4O5S2. The molecule has 0 aliphatic carbocycles. The van der Waals surface area contributed by atoms with Gasteiger partial charge in [0.15, 0.2) is 25.9 Å². The third-order valence-corrected chi connectivity index (χ3v) is 13.4. The molecule has 0 amide bonds. The molecule has 394 valence electrons. The van der Waals surface area contributed by atoms with Crippen LogP contribution in [0.15, 0.2) is 128 Å². The van der Waals surface area contributed by atoms with Gasteiger partial charge in [0, 0.05) is 55.5 Å². The van der Waals surface area contributed by atoms with Crippen LogP contribution in [0.3, 0.4) is 0 Å². The highest BCUT2D eigenvalue weighted by atomic mass is 32.2. The predicted molar refractivity (Wildman–Crippen MR) is 284 cm³/mol. The van der Waals surface area contributed by atoms with Gasteiger partial charge in [-0.2, -0.15) is 22.3 Å². The zero-order valence-electron chi connectivity index (χ0n) is 38.9. The third-order valence-electron chi connectivity index (χ3n) is 9.04. The van der Waals surface area contributed by atoms with Gasteiger partial charge in [-0.25, -0.2) is 16.8 Å². The normalized spacial score (nSPS) is 10.9. The summed E-state index contributed by atoms with van der Waals surface area (Å²) in [6.07, 6.45) is 9.43. The van der Waals surface area contributed by atoms with Gasteiger partial charge in [-0.15, -0.1) is 0 Å². The number of pyridine rings is 4. The van der Waals surface area contributed by atoms with Crippen molar-refractivity contribution in [2.75, 3.05) is 0 Å². The summed E-state index contributed by atoms with van der Waals surface area (Å²) in [7, 11) is -5.93. The number of sulfone groups is 2. The van der Waals surface area contributed by atoms with Crippen LogP contribution in [-0.2, 0) is 49.4 Å². The maximum absolute atomic E-state index is 13.4. The van der Waals surface area contributed by atoms with Gasteiger partial charge >= 0.3 is 5.92 Å². The van der Waals surface area contributed by atoms with Gasteiger partial charge in [-0.3, -0.25) is 15.0 Å². The van der Waals surface area contributed by atoms with Gasteiger partial charge in [-0.1, -0.05) is 121 Å². The Morgan fingerprint density at radius 1 is 0.522 bits per heavy atom. The largest absolute Gasteiger partial charge is 0.618 e. The lowest BCUT2D eigenvalue weighted by molar-refractivity contribution is -0.625. The van der Waals surface area contributed by atoms with E-state index in [4.69, 9.17) is 0 Å². The smallest absolute Gasteiger partial charge is 0.331 e. The summed E-state index contributed by atoms with van der Waals surface area (Å²) in [5.41, 5.74) is 2.25. The van der Waals surface area contributed by atoms with E-state index in [1.165, 1.54) is 36.5 Å². The van der Waals surface area contributed by atoms with Gasteiger partial charge in [0.1, 0.15) is 5.69 Å². The van der Waals surface area contributed by atoms with Gasteiger partial charge in [-0.05, 0) is 112 Å². The summed E-state index contributed by atoms with van der Waals surface area (Å²) >= 11 is 0. The summed E-state index contributed by atoms with van der Waals surface area (Å²) in [4.78, 5) is 11.7. The second-order valence-corrected chi connectivity index (χ2v) is 22.2. The van der Waals surface area contributed by atoms with E-state index in [1.807, 2.05) is 48.7 Å². The number of rotatable bonds is 15. The van der Waals surface area contributed by atoms with Crippen LogP contribution in [0.1, 0.15) is 154 Å². The molecule has 9 nitrogen and oxygen atoms in total. The Bertz CT molecular complexity index is 2140. The molecule has 0 bridgehead atoms. The molecule has 1 aromatic carbocycles. The molecule has 69 heavy (non-hydrogen) atoms. The molecule has 4 aromatic heterocycles. The number of alkyl halides is 4. The van der Waals surface area contributed by atoms with Crippen LogP contribution in [0.5, 0.6) is 0 Å². The first-order chi connectivity index (χ1) is 29.8. The second-order valence-electron chi connectivity index (χ2n) is 17.0. The molecule has 5 rings (SSSR count). The number of nitrogens with zero attached hydrogens (tertiary/aromatic N) is 4. The molecule has 0 aliphatic rings. The Morgan fingerprint density at radius 3 is 1.36 bits per heavy atom. The maximum atomic E-state index is 13.4. The van der Waals surface area contributed by atoms with Crippen molar-refractivity contribution in [1.29, 1.82) is 0 Å². The lowest BCUT2D eigenvalue weighted by Crippen LogP contribution is -2.38. The quantitative estimate of drug-likeness (QED) is 0.0575. The summed E-state index contributed by atoms with van der Waals surface area (Å²) in [5, 5.41) is 10.5. The zero-order chi connectivity index (χ0) is 48.6. The van der Waals surface area contributed by atoms with Crippen LogP contribution in [-0.4, -0.2) is 42.3 Å². The first kappa shape index (κ1) is 73.2. The Kier molecular flexibility index (Phi) is 38.4. The van der Waals surface area contributed by atoms with E-state index in [0.717, 1.165) is 35.7 Å². The molecule has 0 aliphatic heterocycles. The van der Waals surface area contributed by atoms with Crippen LogP contribution >= 0.6 is 0 Å². The summed E-state index contributed by atoms with van der Waals surface area (Å²) in [6.45, 7) is 18.2. The molecule has 0 saturated heterocycles. The number of hydrogen-bond donors (Lipinski definition) is 0. The fourth-order valence-corrected chi connectivity index (χ4v) is 7.34. The fraction of sp³-hybridized carbons (Fsp3) is 0.519. The summed E-state index contributed by atoms with van der Waals surface area (Å²) in [6, 6.07) is 27.4. The molecule has 0 spiro atoms. The first-order valence-corrected chi connectivity index (χ1v) is 24.8. The molecule has 15 heteroatoms. The average Bonchev–Trinajstić information content (AvgIpc) is 3.21. The molecule has 5 aromatic rings. The minimum atomic E-state index is -3.04. The van der Waals surface area contributed by atoms with Gasteiger partial charge in [0.2, 0.25) is 0 Å². The minimum absolute atomic E-state index is 0. The van der Waals surface area contributed by atoms with Gasteiger partial charge < -0.3 is 5.21 Å². The van der Waals surface area contributed by atoms with E-state index in [1.54, 1.807) is 92.0 Å². The van der Waals surface area contributed by atoms with Crippen molar-refractivity contribution in [3.63, 3.8) is 0 Å². The van der Waals surface area contributed by atoms with E-state index < -0.39 is 37.2 Å². The topological polar surface area (TPSA) is 134 Å². The number of hydrogen-bond acceptors (Lipinski definition) is 8. The lowest BCUT2D eigenvalue weighted by atomic mass is 10.0. The summed E-state index contributed by atoms with van der Waals surface area (Å²) in [5.74, 6) is -5.00. The highest BCUT2D eigenvalue weighted by Crippen LogP contribution is 2.33. The van der Waals surface area contributed by atoms with Gasteiger partial charge in [0.05, 0.1) is 22.0 Å². The van der Waals surface area contributed by atoms with E-state index in [0.29, 0.717) is 0 Å². The minimum Gasteiger partial charge on any atom is -0.618 e. The number of aryl methyl sites for hydroxylation is 1. The van der Waals surface area contributed by atoms with Gasteiger partial charge in [0.25, 0.3) is 11.6 Å². The standard InChI is InChI=1S/C10H13F2NO.C10H13F2N.C10H15N.C10H14O2S.C9H13NO2S.5CH4/c1-8(2)7-10(11,12)9-5-3-4-6-13(9)14;1-8(2)7-10(11,12)9-5-3-4-6-13-9;1-9(2)6-7-10-5-3-4-8-11-10;1-9(2)13(11,12)8-10-6-4-3-5-7-10;1-8(2)13(11,12)7-9-3-5-10-6-4-9;;;;;/h3-6,8H,7H2,1-2H3;3-6,8H,7H2,1-2H3;3-5,8-9H,6-7H2,1-2H3;3-7,9H,8H2,1-2H3;3-6,8H,7H2,1-2H3;5*1H4. The molecule has 4 heterocycles. The number of benzene rings is 1. The fourth-order valence-electron chi connectivity index (χ4n) is 5.36. The zero-order valence-corrected chi connectivity index (χ0v) is 40.5. The molecule has 0 atom stereocenters. The summed E-state index contributed by atoms with van der Waals surface area (Å²) < 4.78 is 99.8. The van der Waals surface area contributed by atoms with Crippen molar-refractivity contribution >= 4 is 19.7 Å². The van der Waals surface area contributed by atoms with E-state index in [9.17, 15) is 39.6 Å². The second kappa shape index (κ2) is 36.2. The molecule has 0 saturated carbocycles. The average molecular weight is 1010 g/mol. The van der Waals surface area contributed by atoms with Crippen molar-refractivity contribution in [2.24, 2.45) is 17.8 Å². The number of aromatic nitrogens is 4. The number of halogens is 4. The predicted octanol–water partition coefficient (Wildman–Crippen LogP) is 14.9. The van der Waals surface area contributed by atoms with Crippen molar-refractivity contribution in [2.45, 2.75) is 166 Å². The monoisotopic (exact) mass is 1010 g/mol. The van der Waals surface area contributed by atoms with Crippen molar-refractivity contribution in [1.82, 2.24) is 15.0 Å². The SMILES string of the molecule is C.C.C.C.C.CC(C)CC(F)(F)c1cccc[n+]1[O-].CC(C)CC(F)(F)c1ccccn1.CC(C)CCc1ccccn1.CC(C)S(=O)(=O)Cc1ccccc1.CC(C)S(=O)(=O)Cc1ccncc1. The van der Waals surface area contributed by atoms with Crippen LogP contribution in [0, 0.1) is 23.0 Å². The highest BCUT2D eigenvalue weighted by molar-refractivity contribution is 7.91. The maximum Gasteiger partial charge on any atom is 0.331 e. The molecule has 0 unspecified atom stereocenters. The molecule has 0 fully saturated rings. The Morgan fingerprint density at radius 2 is 0.957 bits per heavy atom. The lowest BCUT2D eigenvalue weighted by Gasteiger charge is -2.17. The van der Waals surface area contributed by atoms with E-state index >= 15 is 0 Å².